The molecule has 0 fully saturated rings. The van der Waals surface area contributed by atoms with Crippen LogP contribution < -0.4 is 0 Å². The summed E-state index contributed by atoms with van der Waals surface area (Å²) >= 11 is 6.06. The van der Waals surface area contributed by atoms with Gasteiger partial charge in [-0.3, -0.25) is 4.68 Å². The Morgan fingerprint density at radius 3 is 2.53 bits per heavy atom. The van der Waals surface area contributed by atoms with Gasteiger partial charge >= 0.3 is 5.97 Å². The van der Waals surface area contributed by atoms with E-state index in [9.17, 15) is 9.90 Å². The van der Waals surface area contributed by atoms with Gasteiger partial charge in [-0.15, -0.1) is 0 Å². The molecule has 1 aromatic heterocycles. The van der Waals surface area contributed by atoms with E-state index >= 15 is 0 Å². The fourth-order valence-corrected chi connectivity index (χ4v) is 2.13. The lowest BCUT2D eigenvalue weighted by molar-refractivity contribution is 0.0689. The lowest BCUT2D eigenvalue weighted by Gasteiger charge is -2.11. The third kappa shape index (κ3) is 2.17. The maximum atomic E-state index is 10.9. The molecule has 0 bridgehead atoms. The van der Waals surface area contributed by atoms with E-state index in [4.69, 9.17) is 16.7 Å². The van der Waals surface area contributed by atoms with Crippen molar-refractivity contribution < 1.29 is 15.0 Å². The maximum absolute atomic E-state index is 10.9. The highest BCUT2D eigenvalue weighted by Crippen LogP contribution is 2.39. The van der Waals surface area contributed by atoms with E-state index in [0.29, 0.717) is 11.3 Å². The van der Waals surface area contributed by atoms with Crippen LogP contribution in [-0.4, -0.2) is 26.0 Å². The Labute approximate surface area is 115 Å². The number of aromatic nitrogens is 2. The predicted molar refractivity (Wildman–Crippen MR) is 71.8 cm³/mol. The van der Waals surface area contributed by atoms with Crippen molar-refractivity contribution in [3.8, 4) is 17.0 Å². The minimum absolute atomic E-state index is 0.0651. The molecule has 5 nitrogen and oxygen atoms in total. The van der Waals surface area contributed by atoms with Gasteiger partial charge in [0.25, 0.3) is 0 Å². The number of benzene rings is 1. The van der Waals surface area contributed by atoms with E-state index in [1.54, 1.807) is 13.1 Å². The molecule has 0 saturated carbocycles. The van der Waals surface area contributed by atoms with E-state index in [-0.39, 0.29) is 16.5 Å². The molecule has 2 rings (SSSR count). The average molecular weight is 281 g/mol. The lowest BCUT2D eigenvalue weighted by Crippen LogP contribution is -1.99. The van der Waals surface area contributed by atoms with Crippen LogP contribution in [0.1, 0.15) is 21.6 Å². The number of halogens is 1. The second-order valence-electron chi connectivity index (χ2n) is 4.37. The van der Waals surface area contributed by atoms with Gasteiger partial charge in [0.15, 0.2) is 5.69 Å². The molecule has 2 aromatic rings. The molecule has 0 saturated heterocycles. The second-order valence-corrected chi connectivity index (χ2v) is 4.75. The summed E-state index contributed by atoms with van der Waals surface area (Å²) in [6, 6.07) is 3.17. The second kappa shape index (κ2) is 4.59. The lowest BCUT2D eigenvalue weighted by atomic mass is 10.0. The first kappa shape index (κ1) is 13.4. The van der Waals surface area contributed by atoms with Crippen molar-refractivity contribution >= 4 is 17.6 Å². The van der Waals surface area contributed by atoms with Crippen LogP contribution in [0.15, 0.2) is 12.1 Å². The molecule has 0 amide bonds. The Kier molecular flexibility index (Phi) is 3.24. The van der Waals surface area contributed by atoms with Gasteiger partial charge in [0.1, 0.15) is 5.75 Å². The molecule has 100 valence electrons. The standard InChI is InChI=1S/C13H13ClN2O3/c1-6-4-8(12(17)11(14)7(6)2)10-5-9(13(18)19)15-16(10)3/h4-5,17H,1-3H3,(H,18,19). The van der Waals surface area contributed by atoms with Crippen LogP contribution in [0.5, 0.6) is 5.75 Å². The van der Waals surface area contributed by atoms with Crippen molar-refractivity contribution in [2.75, 3.05) is 0 Å². The zero-order valence-electron chi connectivity index (χ0n) is 10.7. The summed E-state index contributed by atoms with van der Waals surface area (Å²) in [7, 11) is 1.62. The minimum Gasteiger partial charge on any atom is -0.506 e. The van der Waals surface area contributed by atoms with Gasteiger partial charge in [-0.25, -0.2) is 4.79 Å². The third-order valence-corrected chi connectivity index (χ3v) is 3.58. The summed E-state index contributed by atoms with van der Waals surface area (Å²) in [6.45, 7) is 3.69. The number of aryl methyl sites for hydroxylation is 2. The van der Waals surface area contributed by atoms with Crippen LogP contribution in [0.3, 0.4) is 0 Å². The van der Waals surface area contributed by atoms with Gasteiger partial charge in [0.2, 0.25) is 0 Å². The molecule has 1 aromatic carbocycles. The van der Waals surface area contributed by atoms with Gasteiger partial charge in [-0.2, -0.15) is 5.10 Å². The number of carbonyl (C=O) groups is 1. The predicted octanol–water partition coefficient (Wildman–Crippen LogP) is 2.76. The van der Waals surface area contributed by atoms with E-state index in [0.717, 1.165) is 11.1 Å². The number of hydrogen-bond acceptors (Lipinski definition) is 3. The van der Waals surface area contributed by atoms with Gasteiger partial charge < -0.3 is 10.2 Å². The molecule has 0 unspecified atom stereocenters. The maximum Gasteiger partial charge on any atom is 0.356 e. The molecule has 0 aliphatic heterocycles. The van der Waals surface area contributed by atoms with E-state index in [2.05, 4.69) is 5.10 Å². The summed E-state index contributed by atoms with van der Waals surface area (Å²) in [5.41, 5.74) is 2.60. The molecule has 1 heterocycles. The summed E-state index contributed by atoms with van der Waals surface area (Å²) in [5, 5.41) is 23.2. The average Bonchev–Trinajstić information content (AvgIpc) is 2.73. The summed E-state index contributed by atoms with van der Waals surface area (Å²) in [5.74, 6) is -1.18. The third-order valence-electron chi connectivity index (χ3n) is 3.12. The number of phenolic OH excluding ortho intramolecular Hbond substituents is 1. The number of carboxylic acid groups (broad SMARTS) is 1. The van der Waals surface area contributed by atoms with E-state index < -0.39 is 5.97 Å². The van der Waals surface area contributed by atoms with Crippen molar-refractivity contribution in [3.05, 3.63) is 34.0 Å². The number of aromatic hydroxyl groups is 1. The Balaban J connectivity index is 2.69. The molecule has 19 heavy (non-hydrogen) atoms. The summed E-state index contributed by atoms with van der Waals surface area (Å²) in [4.78, 5) is 10.9. The highest BCUT2D eigenvalue weighted by molar-refractivity contribution is 6.33. The molecule has 0 radical (unpaired) electrons. The molecule has 0 spiro atoms. The molecule has 0 atom stereocenters. The van der Waals surface area contributed by atoms with Crippen molar-refractivity contribution in [1.29, 1.82) is 0 Å². The topological polar surface area (TPSA) is 75.3 Å². The number of rotatable bonds is 2. The van der Waals surface area contributed by atoms with Crippen LogP contribution in [-0.2, 0) is 7.05 Å². The molecule has 0 aliphatic carbocycles. The molecular weight excluding hydrogens is 268 g/mol. The highest BCUT2D eigenvalue weighted by atomic mass is 35.5. The number of carboxylic acids is 1. The Hall–Kier alpha value is -2.01. The van der Waals surface area contributed by atoms with Crippen molar-refractivity contribution in [2.24, 2.45) is 7.05 Å². The van der Waals surface area contributed by atoms with Crippen molar-refractivity contribution in [1.82, 2.24) is 9.78 Å². The van der Waals surface area contributed by atoms with Crippen LogP contribution in [0.4, 0.5) is 0 Å². The monoisotopic (exact) mass is 280 g/mol. The van der Waals surface area contributed by atoms with Crippen molar-refractivity contribution in [3.63, 3.8) is 0 Å². The van der Waals surface area contributed by atoms with E-state index in [1.807, 2.05) is 13.8 Å². The number of hydrogen-bond donors (Lipinski definition) is 2. The number of aromatic carboxylic acids is 1. The zero-order valence-corrected chi connectivity index (χ0v) is 11.5. The summed E-state index contributed by atoms with van der Waals surface area (Å²) < 4.78 is 1.41. The largest absolute Gasteiger partial charge is 0.506 e. The Bertz CT molecular complexity index is 677. The minimum atomic E-state index is -1.11. The molecule has 0 aliphatic rings. The van der Waals surface area contributed by atoms with Gasteiger partial charge in [0, 0.05) is 12.6 Å². The smallest absolute Gasteiger partial charge is 0.356 e. The Morgan fingerprint density at radius 2 is 2.00 bits per heavy atom. The quantitative estimate of drug-likeness (QED) is 0.887. The van der Waals surface area contributed by atoms with Crippen LogP contribution in [0.2, 0.25) is 5.02 Å². The molecular formula is C13H13ClN2O3. The fraction of sp³-hybridized carbons (Fsp3) is 0.231. The zero-order chi connectivity index (χ0) is 14.3. The van der Waals surface area contributed by atoms with Gasteiger partial charge in [-0.1, -0.05) is 11.6 Å². The van der Waals surface area contributed by atoms with Crippen molar-refractivity contribution in [2.45, 2.75) is 13.8 Å². The SMILES string of the molecule is Cc1cc(-c2cc(C(=O)O)nn2C)c(O)c(Cl)c1C. The highest BCUT2D eigenvalue weighted by Gasteiger charge is 2.18. The van der Waals surface area contributed by atoms with Gasteiger partial charge in [-0.05, 0) is 37.1 Å². The first-order valence-electron chi connectivity index (χ1n) is 5.59. The first-order chi connectivity index (χ1) is 8.82. The first-order valence-corrected chi connectivity index (χ1v) is 5.97. The van der Waals surface area contributed by atoms with E-state index in [1.165, 1.54) is 10.7 Å². The molecule has 2 N–H and O–H groups in total. The fourth-order valence-electron chi connectivity index (χ4n) is 1.88. The van der Waals surface area contributed by atoms with Crippen LogP contribution in [0.25, 0.3) is 11.3 Å². The summed E-state index contributed by atoms with van der Waals surface area (Å²) in [6.07, 6.45) is 0. The van der Waals surface area contributed by atoms with Crippen LogP contribution >= 0.6 is 11.6 Å². The van der Waals surface area contributed by atoms with Gasteiger partial charge in [0.05, 0.1) is 10.7 Å². The Morgan fingerprint density at radius 1 is 1.37 bits per heavy atom. The number of nitrogens with zero attached hydrogens (tertiary/aromatic N) is 2. The number of phenols is 1. The normalized spacial score (nSPS) is 10.7. The van der Waals surface area contributed by atoms with Crippen LogP contribution in [0, 0.1) is 13.8 Å². The molecule has 6 heteroatoms.